The number of anilines is 2. The van der Waals surface area contributed by atoms with Gasteiger partial charge in [-0.15, -0.1) is 10.2 Å². The van der Waals surface area contributed by atoms with Crippen molar-refractivity contribution in [1.82, 2.24) is 40.3 Å². The Labute approximate surface area is 160 Å². The maximum absolute atomic E-state index is 12.6. The maximum Gasteiger partial charge on any atom is 0.314 e. The molecule has 0 aliphatic rings. The average Bonchev–Trinajstić information content (AvgIpc) is 3.48. The van der Waals surface area contributed by atoms with Crippen LogP contribution in [0.2, 0.25) is 0 Å². The van der Waals surface area contributed by atoms with Crippen LogP contribution in [0.4, 0.5) is 20.4 Å². The summed E-state index contributed by atoms with van der Waals surface area (Å²) in [5, 5.41) is 16.9. The van der Waals surface area contributed by atoms with Crippen LogP contribution in [0.5, 0.6) is 0 Å². The summed E-state index contributed by atoms with van der Waals surface area (Å²) in [7, 11) is 0. The fraction of sp³-hybridized carbons (Fsp3) is 0.0588. The van der Waals surface area contributed by atoms with Crippen LogP contribution in [0.3, 0.4) is 0 Å². The number of rotatable bonds is 5. The number of benzene rings is 1. The fourth-order valence-electron chi connectivity index (χ4n) is 2.80. The van der Waals surface area contributed by atoms with Crippen LogP contribution in [0.15, 0.2) is 47.5 Å². The van der Waals surface area contributed by atoms with Crippen LogP contribution in [0.1, 0.15) is 12.3 Å². The SMILES string of the molecule is FC(F)c1nnc(-c2cnc(Nc3cc(-c4ccn[nH]4)c4nc[nH]c4c3)nc2)o1. The van der Waals surface area contributed by atoms with Gasteiger partial charge in [-0.1, -0.05) is 0 Å². The molecule has 4 aromatic heterocycles. The summed E-state index contributed by atoms with van der Waals surface area (Å²) >= 11 is 0. The van der Waals surface area contributed by atoms with E-state index in [4.69, 9.17) is 4.42 Å². The zero-order valence-corrected chi connectivity index (χ0v) is 14.5. The highest BCUT2D eigenvalue weighted by atomic mass is 19.3. The Morgan fingerprint density at radius 2 is 1.93 bits per heavy atom. The summed E-state index contributed by atoms with van der Waals surface area (Å²) < 4.78 is 30.0. The Hall–Kier alpha value is -4.22. The zero-order chi connectivity index (χ0) is 19.8. The van der Waals surface area contributed by atoms with Gasteiger partial charge >= 0.3 is 6.43 Å². The molecule has 144 valence electrons. The number of nitrogens with zero attached hydrogens (tertiary/aromatic N) is 6. The van der Waals surface area contributed by atoms with E-state index in [0.29, 0.717) is 11.5 Å². The van der Waals surface area contributed by atoms with Gasteiger partial charge in [-0.3, -0.25) is 5.10 Å². The van der Waals surface area contributed by atoms with Crippen molar-refractivity contribution in [2.24, 2.45) is 0 Å². The molecule has 10 nitrogen and oxygen atoms in total. The van der Waals surface area contributed by atoms with Crippen molar-refractivity contribution in [3.05, 3.63) is 49.0 Å². The quantitative estimate of drug-likeness (QED) is 0.412. The van der Waals surface area contributed by atoms with Gasteiger partial charge in [0.05, 0.1) is 28.6 Å². The third-order valence-electron chi connectivity index (χ3n) is 4.10. The molecule has 4 heterocycles. The van der Waals surface area contributed by atoms with E-state index in [2.05, 4.69) is 45.6 Å². The first-order valence-electron chi connectivity index (χ1n) is 8.35. The molecule has 5 rings (SSSR count). The monoisotopic (exact) mass is 395 g/mol. The molecule has 0 unspecified atom stereocenters. The lowest BCUT2D eigenvalue weighted by atomic mass is 10.1. The molecular formula is C17H11F2N9O. The number of H-pyrrole nitrogens is 2. The fourth-order valence-corrected chi connectivity index (χ4v) is 2.80. The Morgan fingerprint density at radius 3 is 2.66 bits per heavy atom. The van der Waals surface area contributed by atoms with E-state index < -0.39 is 12.3 Å². The minimum absolute atomic E-state index is 0.0766. The molecule has 0 aliphatic carbocycles. The lowest BCUT2D eigenvalue weighted by molar-refractivity contribution is 0.116. The maximum atomic E-state index is 12.6. The van der Waals surface area contributed by atoms with E-state index >= 15 is 0 Å². The second kappa shape index (κ2) is 6.74. The lowest BCUT2D eigenvalue weighted by Gasteiger charge is -2.08. The number of alkyl halides is 2. The lowest BCUT2D eigenvalue weighted by Crippen LogP contribution is -1.98. The number of aromatic nitrogens is 8. The smallest absolute Gasteiger partial charge is 0.314 e. The number of halogens is 2. The third-order valence-corrected chi connectivity index (χ3v) is 4.10. The molecule has 0 amide bonds. The van der Waals surface area contributed by atoms with Gasteiger partial charge in [-0.2, -0.15) is 13.9 Å². The second-order valence-corrected chi connectivity index (χ2v) is 5.96. The molecule has 1 aromatic carbocycles. The number of imidazole rings is 1. The molecule has 0 spiro atoms. The molecule has 0 radical (unpaired) electrons. The Balaban J connectivity index is 1.43. The normalized spacial score (nSPS) is 11.4. The summed E-state index contributed by atoms with van der Waals surface area (Å²) in [6.07, 6.45) is 3.25. The van der Waals surface area contributed by atoms with Gasteiger partial charge < -0.3 is 14.7 Å². The largest absolute Gasteiger partial charge is 0.415 e. The van der Waals surface area contributed by atoms with Gasteiger partial charge in [0.25, 0.3) is 11.8 Å². The van der Waals surface area contributed by atoms with Crippen LogP contribution >= 0.6 is 0 Å². The minimum Gasteiger partial charge on any atom is -0.415 e. The summed E-state index contributed by atoms with van der Waals surface area (Å²) in [6.45, 7) is 0. The van der Waals surface area contributed by atoms with E-state index in [1.165, 1.54) is 12.4 Å². The number of hydrogen-bond donors (Lipinski definition) is 3. The molecule has 0 bridgehead atoms. The van der Waals surface area contributed by atoms with Crippen LogP contribution in [-0.4, -0.2) is 40.3 Å². The van der Waals surface area contributed by atoms with E-state index in [1.54, 1.807) is 12.5 Å². The summed E-state index contributed by atoms with van der Waals surface area (Å²) in [5.74, 6) is -0.523. The van der Waals surface area contributed by atoms with Crippen LogP contribution < -0.4 is 5.32 Å². The summed E-state index contributed by atoms with van der Waals surface area (Å²) in [6, 6.07) is 5.60. The highest BCUT2D eigenvalue weighted by Gasteiger charge is 2.17. The topological polar surface area (TPSA) is 134 Å². The van der Waals surface area contributed by atoms with Gasteiger partial charge in [0.1, 0.15) is 0 Å². The molecule has 0 saturated heterocycles. The zero-order valence-electron chi connectivity index (χ0n) is 14.5. The van der Waals surface area contributed by atoms with E-state index in [0.717, 1.165) is 28.0 Å². The minimum atomic E-state index is -2.83. The molecule has 3 N–H and O–H groups in total. The van der Waals surface area contributed by atoms with Crippen molar-refractivity contribution in [3.8, 4) is 22.7 Å². The highest BCUT2D eigenvalue weighted by Crippen LogP contribution is 2.30. The Bertz CT molecular complexity index is 1260. The number of aromatic amines is 2. The van der Waals surface area contributed by atoms with Gasteiger partial charge in [0, 0.05) is 29.8 Å². The second-order valence-electron chi connectivity index (χ2n) is 5.96. The van der Waals surface area contributed by atoms with E-state index in [-0.39, 0.29) is 5.89 Å². The first kappa shape index (κ1) is 16.9. The third kappa shape index (κ3) is 3.16. The number of fused-ring (bicyclic) bond motifs is 1. The van der Waals surface area contributed by atoms with Crippen LogP contribution in [0.25, 0.3) is 33.7 Å². The molecule has 0 saturated carbocycles. The molecule has 5 aromatic rings. The molecule has 29 heavy (non-hydrogen) atoms. The van der Waals surface area contributed by atoms with Crippen molar-refractivity contribution in [1.29, 1.82) is 0 Å². The van der Waals surface area contributed by atoms with Gasteiger partial charge in [0.2, 0.25) is 5.95 Å². The Kier molecular flexibility index (Phi) is 3.93. The first-order chi connectivity index (χ1) is 14.2. The van der Waals surface area contributed by atoms with Crippen molar-refractivity contribution in [2.75, 3.05) is 5.32 Å². The molecule has 0 fully saturated rings. The number of nitrogens with one attached hydrogen (secondary N) is 3. The predicted molar refractivity (Wildman–Crippen MR) is 97.2 cm³/mol. The van der Waals surface area contributed by atoms with Gasteiger partial charge in [-0.05, 0) is 18.2 Å². The first-order valence-corrected chi connectivity index (χ1v) is 8.35. The van der Waals surface area contributed by atoms with Crippen molar-refractivity contribution >= 4 is 22.7 Å². The molecule has 0 aliphatic heterocycles. The molecule has 12 heteroatoms. The molecular weight excluding hydrogens is 384 g/mol. The standard InChI is InChI=1S/C17H11F2N9O/c18-14(19)16-28-27-15(29-16)8-5-20-17(21-6-8)25-9-3-10(11-1-2-24-26-11)13-12(4-9)22-7-23-13/h1-7,14H,(H,22,23)(H,24,26)(H,20,21,25). The average molecular weight is 395 g/mol. The van der Waals surface area contributed by atoms with Crippen LogP contribution in [-0.2, 0) is 0 Å². The van der Waals surface area contributed by atoms with E-state index in [9.17, 15) is 8.78 Å². The van der Waals surface area contributed by atoms with Crippen molar-refractivity contribution < 1.29 is 13.2 Å². The highest BCUT2D eigenvalue weighted by molar-refractivity contribution is 5.94. The van der Waals surface area contributed by atoms with Crippen LogP contribution in [0, 0.1) is 0 Å². The Morgan fingerprint density at radius 1 is 1.07 bits per heavy atom. The van der Waals surface area contributed by atoms with Crippen molar-refractivity contribution in [3.63, 3.8) is 0 Å². The van der Waals surface area contributed by atoms with Crippen molar-refractivity contribution in [2.45, 2.75) is 6.43 Å². The number of hydrogen-bond acceptors (Lipinski definition) is 8. The predicted octanol–water partition coefficient (Wildman–Crippen LogP) is 3.47. The van der Waals surface area contributed by atoms with Gasteiger partial charge in [0.15, 0.2) is 0 Å². The van der Waals surface area contributed by atoms with E-state index in [1.807, 2.05) is 18.2 Å². The summed E-state index contributed by atoms with van der Waals surface area (Å²) in [5.41, 5.74) is 4.33. The summed E-state index contributed by atoms with van der Waals surface area (Å²) in [4.78, 5) is 15.8. The van der Waals surface area contributed by atoms with Gasteiger partial charge in [-0.25, -0.2) is 15.0 Å². The molecule has 0 atom stereocenters.